The Morgan fingerprint density at radius 2 is 2.08 bits per heavy atom. The molecule has 0 unspecified atom stereocenters. The Hall–Kier alpha value is -1.54. The Kier molecular flexibility index (Phi) is 7.11. The van der Waals surface area contributed by atoms with Crippen molar-refractivity contribution in [3.63, 3.8) is 0 Å². The zero-order valence-electron chi connectivity index (χ0n) is 14.8. The second-order valence-electron chi connectivity index (χ2n) is 6.03. The van der Waals surface area contributed by atoms with Crippen LogP contribution in [-0.4, -0.2) is 56.2 Å². The van der Waals surface area contributed by atoms with Gasteiger partial charge in [-0.05, 0) is 38.7 Å². The average Bonchev–Trinajstić information content (AvgIpc) is 2.99. The lowest BCUT2D eigenvalue weighted by Gasteiger charge is -2.24. The number of rotatable bonds is 5. The van der Waals surface area contributed by atoms with Crippen LogP contribution in [-0.2, 0) is 14.3 Å². The lowest BCUT2D eigenvalue weighted by Crippen LogP contribution is -2.38. The van der Waals surface area contributed by atoms with Crippen molar-refractivity contribution in [3.05, 3.63) is 34.7 Å². The number of carbonyl (C=O) groups is 1. The Balaban J connectivity index is 0.00000243. The predicted octanol–water partition coefficient (Wildman–Crippen LogP) is 3.46. The number of carbonyl (C=O) groups excluding carboxylic acids is 1. The summed E-state index contributed by atoms with van der Waals surface area (Å²) < 4.78 is 11.6. The van der Waals surface area contributed by atoms with Gasteiger partial charge < -0.3 is 14.4 Å². The number of hydrogen-bond donors (Lipinski definition) is 0. The molecule has 1 aromatic heterocycles. The molecule has 142 valence electrons. The van der Waals surface area contributed by atoms with Crippen molar-refractivity contribution in [1.82, 2.24) is 9.88 Å². The second-order valence-corrected chi connectivity index (χ2v) is 7.47. The highest BCUT2D eigenvalue weighted by Gasteiger charge is 2.26. The summed E-state index contributed by atoms with van der Waals surface area (Å²) in [6.45, 7) is 3.99. The first kappa shape index (κ1) is 20.8. The average molecular weight is 418 g/mol. The van der Waals surface area contributed by atoms with E-state index in [1.54, 1.807) is 4.90 Å². The Morgan fingerprint density at radius 1 is 1.31 bits per heavy atom. The van der Waals surface area contributed by atoms with Crippen molar-refractivity contribution in [1.29, 1.82) is 0 Å². The number of aromatic nitrogens is 1. The SMILES string of the molecule is Cc1cc(Cl)cc2sc(N(CCN(C)C)C(=O)C3=COCCO3)nc12.Cl. The van der Waals surface area contributed by atoms with E-state index in [-0.39, 0.29) is 24.1 Å². The zero-order chi connectivity index (χ0) is 18.0. The molecule has 0 aliphatic carbocycles. The first-order chi connectivity index (χ1) is 12.0. The number of halogens is 2. The number of nitrogens with zero attached hydrogens (tertiary/aromatic N) is 3. The van der Waals surface area contributed by atoms with Crippen LogP contribution in [0.25, 0.3) is 10.2 Å². The van der Waals surface area contributed by atoms with Crippen molar-refractivity contribution in [3.8, 4) is 0 Å². The molecule has 2 aromatic rings. The van der Waals surface area contributed by atoms with Crippen LogP contribution < -0.4 is 4.90 Å². The molecule has 0 fully saturated rings. The summed E-state index contributed by atoms with van der Waals surface area (Å²) in [5.74, 6) is -0.0385. The number of thiazole rings is 1. The van der Waals surface area contributed by atoms with E-state index in [0.717, 1.165) is 15.8 Å². The van der Waals surface area contributed by atoms with E-state index in [4.69, 9.17) is 21.1 Å². The van der Waals surface area contributed by atoms with E-state index in [1.165, 1.54) is 17.6 Å². The predicted molar refractivity (Wildman–Crippen MR) is 108 cm³/mol. The molecule has 0 N–H and O–H groups in total. The van der Waals surface area contributed by atoms with Crippen LogP contribution in [0.4, 0.5) is 5.13 Å². The summed E-state index contributed by atoms with van der Waals surface area (Å²) in [7, 11) is 3.93. The molecule has 3 rings (SSSR count). The number of fused-ring (bicyclic) bond motifs is 1. The molecule has 1 aliphatic rings. The van der Waals surface area contributed by atoms with Gasteiger partial charge in [-0.15, -0.1) is 12.4 Å². The Labute approximate surface area is 167 Å². The molecule has 0 radical (unpaired) electrons. The lowest BCUT2D eigenvalue weighted by atomic mass is 10.2. The number of benzene rings is 1. The molecular formula is C17H21Cl2N3O3S. The zero-order valence-corrected chi connectivity index (χ0v) is 17.2. The topological polar surface area (TPSA) is 54.9 Å². The maximum Gasteiger partial charge on any atom is 0.298 e. The van der Waals surface area contributed by atoms with Gasteiger partial charge in [0, 0.05) is 18.1 Å². The fraction of sp³-hybridized carbons (Fsp3) is 0.412. The summed E-state index contributed by atoms with van der Waals surface area (Å²) in [6.07, 6.45) is 1.38. The summed E-state index contributed by atoms with van der Waals surface area (Å²) in [6, 6.07) is 3.75. The van der Waals surface area contributed by atoms with Crippen molar-refractivity contribution < 1.29 is 14.3 Å². The first-order valence-corrected chi connectivity index (χ1v) is 9.13. The van der Waals surface area contributed by atoms with E-state index in [9.17, 15) is 4.79 Å². The summed E-state index contributed by atoms with van der Waals surface area (Å²) >= 11 is 7.59. The molecule has 0 saturated heterocycles. The minimum absolute atomic E-state index is 0. The van der Waals surface area contributed by atoms with Gasteiger partial charge in [-0.1, -0.05) is 22.9 Å². The molecule has 1 amide bonds. The van der Waals surface area contributed by atoms with Gasteiger partial charge in [0.25, 0.3) is 5.91 Å². The Bertz CT molecular complexity index is 823. The van der Waals surface area contributed by atoms with Crippen molar-refractivity contribution >= 4 is 56.6 Å². The molecule has 0 atom stereocenters. The highest BCUT2D eigenvalue weighted by Crippen LogP contribution is 2.33. The summed E-state index contributed by atoms with van der Waals surface area (Å²) in [5.41, 5.74) is 1.85. The minimum Gasteiger partial charge on any atom is -0.494 e. The normalized spacial score (nSPS) is 13.7. The lowest BCUT2D eigenvalue weighted by molar-refractivity contribution is -0.119. The van der Waals surface area contributed by atoms with Gasteiger partial charge in [0.2, 0.25) is 5.76 Å². The smallest absolute Gasteiger partial charge is 0.298 e. The molecule has 0 spiro atoms. The van der Waals surface area contributed by atoms with Gasteiger partial charge in [-0.3, -0.25) is 9.69 Å². The molecule has 1 aliphatic heterocycles. The number of likely N-dealkylation sites (N-methyl/N-ethyl adjacent to an activating group) is 1. The van der Waals surface area contributed by atoms with E-state index >= 15 is 0 Å². The number of amides is 1. The third kappa shape index (κ3) is 4.59. The van der Waals surface area contributed by atoms with Crippen LogP contribution in [0.5, 0.6) is 0 Å². The molecule has 26 heavy (non-hydrogen) atoms. The van der Waals surface area contributed by atoms with E-state index in [2.05, 4.69) is 4.98 Å². The third-order valence-electron chi connectivity index (χ3n) is 3.75. The molecule has 9 heteroatoms. The van der Waals surface area contributed by atoms with E-state index in [0.29, 0.717) is 36.5 Å². The third-order valence-corrected chi connectivity index (χ3v) is 4.99. The van der Waals surface area contributed by atoms with Crippen LogP contribution in [0, 0.1) is 6.92 Å². The highest BCUT2D eigenvalue weighted by atomic mass is 35.5. The second kappa shape index (κ2) is 8.90. The molecule has 0 saturated carbocycles. The molecule has 6 nitrogen and oxygen atoms in total. The van der Waals surface area contributed by atoms with Crippen LogP contribution >= 0.6 is 35.3 Å². The molecule has 2 heterocycles. The molecular weight excluding hydrogens is 397 g/mol. The van der Waals surface area contributed by atoms with Gasteiger partial charge in [-0.2, -0.15) is 0 Å². The molecule has 0 bridgehead atoms. The Morgan fingerprint density at radius 3 is 2.73 bits per heavy atom. The number of hydrogen-bond acceptors (Lipinski definition) is 6. The highest BCUT2D eigenvalue weighted by molar-refractivity contribution is 7.22. The maximum atomic E-state index is 12.9. The van der Waals surface area contributed by atoms with Gasteiger partial charge in [0.05, 0.1) is 10.2 Å². The van der Waals surface area contributed by atoms with Crippen molar-refractivity contribution in [2.24, 2.45) is 0 Å². The summed E-state index contributed by atoms with van der Waals surface area (Å²) in [4.78, 5) is 21.2. The summed E-state index contributed by atoms with van der Waals surface area (Å²) in [5, 5.41) is 1.29. The van der Waals surface area contributed by atoms with Gasteiger partial charge in [-0.25, -0.2) is 4.98 Å². The minimum atomic E-state index is -0.246. The van der Waals surface area contributed by atoms with Crippen molar-refractivity contribution in [2.75, 3.05) is 45.3 Å². The van der Waals surface area contributed by atoms with E-state index < -0.39 is 0 Å². The standard InChI is InChI=1S/C17H20ClN3O3S.ClH/c1-11-8-12(18)9-14-15(11)19-17(25-14)21(5-4-20(2)3)16(22)13-10-23-6-7-24-13;/h8-10H,4-7H2,1-3H3;1H. The van der Waals surface area contributed by atoms with Crippen molar-refractivity contribution in [2.45, 2.75) is 6.92 Å². The monoisotopic (exact) mass is 417 g/mol. The van der Waals surface area contributed by atoms with Gasteiger partial charge in [0.1, 0.15) is 19.5 Å². The van der Waals surface area contributed by atoms with Crippen LogP contribution in [0.2, 0.25) is 5.02 Å². The molecule has 1 aromatic carbocycles. The fourth-order valence-corrected chi connectivity index (χ4v) is 3.90. The van der Waals surface area contributed by atoms with Crippen LogP contribution in [0.3, 0.4) is 0 Å². The fourth-order valence-electron chi connectivity index (χ4n) is 2.46. The van der Waals surface area contributed by atoms with Gasteiger partial charge in [0.15, 0.2) is 5.13 Å². The number of anilines is 1. The van der Waals surface area contributed by atoms with Gasteiger partial charge >= 0.3 is 0 Å². The number of aryl methyl sites for hydroxylation is 1. The van der Waals surface area contributed by atoms with Crippen LogP contribution in [0.15, 0.2) is 24.2 Å². The van der Waals surface area contributed by atoms with Crippen LogP contribution in [0.1, 0.15) is 5.56 Å². The van der Waals surface area contributed by atoms with E-state index in [1.807, 2.05) is 38.1 Å². The maximum absolute atomic E-state index is 12.9. The number of ether oxygens (including phenoxy) is 2. The quantitative estimate of drug-likeness (QED) is 0.745. The first-order valence-electron chi connectivity index (χ1n) is 7.93. The largest absolute Gasteiger partial charge is 0.494 e.